The minimum Gasteiger partial charge on any atom is -0.406 e. The van der Waals surface area contributed by atoms with E-state index < -0.39 is 6.36 Å². The fraction of sp³-hybridized carbons (Fsp3) is 0.0769. The molecule has 2 rings (SSSR count). The first-order valence-electron chi connectivity index (χ1n) is 5.27. The lowest BCUT2D eigenvalue weighted by Gasteiger charge is -2.10. The summed E-state index contributed by atoms with van der Waals surface area (Å²) in [5.74, 6) is -0.314. The Kier molecular flexibility index (Phi) is 4.37. The van der Waals surface area contributed by atoms with Gasteiger partial charge in [0.25, 0.3) is 0 Å². The van der Waals surface area contributed by atoms with Gasteiger partial charge in [0, 0.05) is 10.6 Å². The highest BCUT2D eigenvalue weighted by atomic mass is 35.5. The summed E-state index contributed by atoms with van der Waals surface area (Å²) >= 11 is 17.8. The second-order valence-corrected chi connectivity index (χ2v) is 5.04. The van der Waals surface area contributed by atoms with Crippen LogP contribution < -0.4 is 4.74 Å². The third-order valence-corrected chi connectivity index (χ3v) is 3.41. The zero-order valence-electron chi connectivity index (χ0n) is 9.64. The predicted octanol–water partition coefficient (Wildman–Crippen LogP) is 6.21. The Balaban J connectivity index is 2.36. The summed E-state index contributed by atoms with van der Waals surface area (Å²) < 4.78 is 40.0. The van der Waals surface area contributed by atoms with Gasteiger partial charge in [0.1, 0.15) is 5.75 Å². The van der Waals surface area contributed by atoms with Crippen LogP contribution >= 0.6 is 34.8 Å². The maximum absolute atomic E-state index is 12.1. The van der Waals surface area contributed by atoms with E-state index in [0.717, 1.165) is 0 Å². The van der Waals surface area contributed by atoms with Crippen molar-refractivity contribution in [3.05, 3.63) is 51.5 Å². The molecule has 0 aliphatic heterocycles. The summed E-state index contributed by atoms with van der Waals surface area (Å²) in [6.07, 6.45) is -4.72. The van der Waals surface area contributed by atoms with Gasteiger partial charge in [0.15, 0.2) is 0 Å². The highest BCUT2D eigenvalue weighted by Crippen LogP contribution is 2.37. The molecule has 0 fully saturated rings. The van der Waals surface area contributed by atoms with Crippen LogP contribution in [0.25, 0.3) is 11.1 Å². The van der Waals surface area contributed by atoms with Crippen molar-refractivity contribution in [2.24, 2.45) is 0 Å². The maximum Gasteiger partial charge on any atom is 0.573 e. The Morgan fingerprint density at radius 2 is 1.50 bits per heavy atom. The molecule has 1 nitrogen and oxygen atoms in total. The molecule has 0 spiro atoms. The number of hydrogen-bond donors (Lipinski definition) is 0. The second kappa shape index (κ2) is 5.72. The van der Waals surface area contributed by atoms with Crippen molar-refractivity contribution in [2.45, 2.75) is 6.36 Å². The summed E-state index contributed by atoms with van der Waals surface area (Å²) in [5, 5.41) is 0.926. The first-order chi connectivity index (χ1) is 9.26. The Morgan fingerprint density at radius 3 is 2.05 bits per heavy atom. The molecule has 0 saturated carbocycles. The fourth-order valence-electron chi connectivity index (χ4n) is 1.60. The Hall–Kier alpha value is -1.10. The van der Waals surface area contributed by atoms with Gasteiger partial charge in [-0.3, -0.25) is 0 Å². The number of rotatable bonds is 2. The van der Waals surface area contributed by atoms with Crippen LogP contribution in [0.4, 0.5) is 13.2 Å². The number of ether oxygens (including phenoxy) is 1. The number of hydrogen-bond acceptors (Lipinski definition) is 1. The Morgan fingerprint density at radius 1 is 0.900 bits per heavy atom. The molecule has 0 amide bonds. The number of benzene rings is 2. The molecule has 2 aromatic carbocycles. The molecule has 0 bridgehead atoms. The molecule has 106 valence electrons. The largest absolute Gasteiger partial charge is 0.573 e. The molecule has 0 unspecified atom stereocenters. The lowest BCUT2D eigenvalue weighted by atomic mass is 10.1. The van der Waals surface area contributed by atoms with Crippen LogP contribution in [0.2, 0.25) is 15.1 Å². The smallest absolute Gasteiger partial charge is 0.406 e. The van der Waals surface area contributed by atoms with Crippen molar-refractivity contribution in [3.63, 3.8) is 0 Å². The van der Waals surface area contributed by atoms with Crippen molar-refractivity contribution >= 4 is 34.8 Å². The van der Waals surface area contributed by atoms with Crippen molar-refractivity contribution < 1.29 is 17.9 Å². The van der Waals surface area contributed by atoms with E-state index in [4.69, 9.17) is 34.8 Å². The van der Waals surface area contributed by atoms with E-state index >= 15 is 0 Å². The van der Waals surface area contributed by atoms with Crippen molar-refractivity contribution in [1.29, 1.82) is 0 Å². The molecule has 0 aromatic heterocycles. The lowest BCUT2D eigenvalue weighted by Crippen LogP contribution is -2.16. The number of alkyl halides is 3. The van der Waals surface area contributed by atoms with Crippen molar-refractivity contribution in [3.8, 4) is 16.9 Å². The first-order valence-corrected chi connectivity index (χ1v) is 6.40. The summed E-state index contributed by atoms with van der Waals surface area (Å²) in [7, 11) is 0. The first kappa shape index (κ1) is 15.3. The molecule has 2 aromatic rings. The molecule has 0 atom stereocenters. The van der Waals surface area contributed by atoms with Crippen LogP contribution in [-0.4, -0.2) is 6.36 Å². The van der Waals surface area contributed by atoms with E-state index in [1.54, 1.807) is 6.07 Å². The lowest BCUT2D eigenvalue weighted by molar-refractivity contribution is -0.274. The van der Waals surface area contributed by atoms with Gasteiger partial charge in [-0.2, -0.15) is 0 Å². The normalized spacial score (nSPS) is 11.5. The van der Waals surface area contributed by atoms with Gasteiger partial charge in [0.05, 0.1) is 10.0 Å². The molecule has 0 aliphatic carbocycles. The zero-order chi connectivity index (χ0) is 14.9. The van der Waals surface area contributed by atoms with Gasteiger partial charge in [-0.05, 0) is 29.8 Å². The molecular weight excluding hydrogens is 335 g/mol. The molecule has 0 N–H and O–H groups in total. The van der Waals surface area contributed by atoms with Crippen molar-refractivity contribution in [1.82, 2.24) is 0 Å². The minimum absolute atomic E-state index is 0.268. The van der Waals surface area contributed by atoms with E-state index in [1.807, 2.05) is 0 Å². The van der Waals surface area contributed by atoms with Crippen molar-refractivity contribution in [2.75, 3.05) is 0 Å². The third-order valence-electron chi connectivity index (χ3n) is 2.39. The minimum atomic E-state index is -4.72. The van der Waals surface area contributed by atoms with Crippen LogP contribution in [0.15, 0.2) is 36.4 Å². The number of halogens is 6. The summed E-state index contributed by atoms with van der Waals surface area (Å²) in [6.45, 7) is 0. The molecule has 0 saturated heterocycles. The van der Waals surface area contributed by atoms with Gasteiger partial charge in [-0.1, -0.05) is 46.9 Å². The quantitative estimate of drug-likeness (QED) is 0.590. The molecule has 7 heteroatoms. The SMILES string of the molecule is FC(F)(F)Oc1ccc(-c2cc(Cl)cc(Cl)c2Cl)cc1. The van der Waals surface area contributed by atoms with E-state index in [1.165, 1.54) is 30.3 Å². The fourth-order valence-corrected chi connectivity index (χ4v) is 2.31. The molecule has 20 heavy (non-hydrogen) atoms. The van der Waals surface area contributed by atoms with Crippen LogP contribution in [0, 0.1) is 0 Å². The highest BCUT2D eigenvalue weighted by Gasteiger charge is 2.31. The van der Waals surface area contributed by atoms with E-state index in [-0.39, 0.29) is 15.8 Å². The van der Waals surface area contributed by atoms with Gasteiger partial charge >= 0.3 is 6.36 Å². The average Bonchev–Trinajstić information content (AvgIpc) is 2.33. The van der Waals surface area contributed by atoms with Crippen LogP contribution in [0.1, 0.15) is 0 Å². The highest BCUT2D eigenvalue weighted by molar-refractivity contribution is 6.45. The predicted molar refractivity (Wildman–Crippen MR) is 73.6 cm³/mol. The summed E-state index contributed by atoms with van der Waals surface area (Å²) in [4.78, 5) is 0. The van der Waals surface area contributed by atoms with E-state index in [0.29, 0.717) is 16.1 Å². The second-order valence-electron chi connectivity index (χ2n) is 3.82. The monoisotopic (exact) mass is 340 g/mol. The summed E-state index contributed by atoms with van der Waals surface area (Å²) in [6, 6.07) is 8.32. The molecule has 0 radical (unpaired) electrons. The molecule has 0 aliphatic rings. The Bertz CT molecular complexity index is 624. The van der Waals surface area contributed by atoms with Gasteiger partial charge in [-0.25, -0.2) is 0 Å². The van der Waals surface area contributed by atoms with Crippen LogP contribution in [-0.2, 0) is 0 Å². The maximum atomic E-state index is 12.1. The van der Waals surface area contributed by atoms with Crippen LogP contribution in [0.5, 0.6) is 5.75 Å². The third kappa shape index (κ3) is 3.72. The van der Waals surface area contributed by atoms with Gasteiger partial charge < -0.3 is 4.74 Å². The molecule has 0 heterocycles. The van der Waals surface area contributed by atoms with Crippen LogP contribution in [0.3, 0.4) is 0 Å². The zero-order valence-corrected chi connectivity index (χ0v) is 11.9. The standard InChI is InChI=1S/C13H6Cl3F3O/c14-8-5-10(12(16)11(15)6-8)7-1-3-9(4-2-7)20-13(17,18)19/h1-6H. The average molecular weight is 342 g/mol. The summed E-state index contributed by atoms with van der Waals surface area (Å²) in [5.41, 5.74) is 1.11. The van der Waals surface area contributed by atoms with E-state index in [9.17, 15) is 13.2 Å². The Labute approximate surface area is 127 Å². The van der Waals surface area contributed by atoms with E-state index in [2.05, 4.69) is 4.74 Å². The van der Waals surface area contributed by atoms with Gasteiger partial charge in [0.2, 0.25) is 0 Å². The molecular formula is C13H6Cl3F3O. The van der Waals surface area contributed by atoms with Gasteiger partial charge in [-0.15, -0.1) is 13.2 Å². The topological polar surface area (TPSA) is 9.23 Å².